The van der Waals surface area contributed by atoms with Crippen molar-refractivity contribution in [1.82, 2.24) is 15.5 Å². The second-order valence-electron chi connectivity index (χ2n) is 3.29. The first kappa shape index (κ1) is 9.73. The number of carbonyl (C=O) groups is 1. The third-order valence-corrected chi connectivity index (χ3v) is 2.21. The van der Waals surface area contributed by atoms with E-state index in [1.807, 2.05) is 18.2 Å². The van der Waals surface area contributed by atoms with Gasteiger partial charge in [-0.05, 0) is 13.1 Å². The van der Waals surface area contributed by atoms with E-state index in [4.69, 9.17) is 0 Å². The molecule has 0 radical (unpaired) electrons. The largest absolute Gasteiger partial charge is 0.313 e. The van der Waals surface area contributed by atoms with Crippen molar-refractivity contribution in [2.24, 2.45) is 0 Å². The van der Waals surface area contributed by atoms with Gasteiger partial charge in [0.2, 0.25) is 0 Å². The molecule has 4 nitrogen and oxygen atoms in total. The summed E-state index contributed by atoms with van der Waals surface area (Å²) in [7, 11) is 1.75. The van der Waals surface area contributed by atoms with Crippen LogP contribution in [0.4, 0.5) is 0 Å². The van der Waals surface area contributed by atoms with Crippen molar-refractivity contribution < 1.29 is 4.79 Å². The van der Waals surface area contributed by atoms with Crippen LogP contribution < -0.4 is 5.32 Å². The highest BCUT2D eigenvalue weighted by Gasteiger charge is 2.04. The summed E-state index contributed by atoms with van der Waals surface area (Å²) in [5.74, 6) is 0.0798. The first-order chi connectivity index (χ1) is 7.31. The zero-order valence-electron chi connectivity index (χ0n) is 8.40. The highest BCUT2D eigenvalue weighted by atomic mass is 16.1. The third-order valence-electron chi connectivity index (χ3n) is 2.21. The van der Waals surface area contributed by atoms with Crippen molar-refractivity contribution in [2.45, 2.75) is 0 Å². The van der Waals surface area contributed by atoms with Gasteiger partial charge in [0.1, 0.15) is 0 Å². The minimum absolute atomic E-state index is 0.0798. The quantitative estimate of drug-likeness (QED) is 0.753. The molecule has 0 aliphatic rings. The van der Waals surface area contributed by atoms with Gasteiger partial charge in [0, 0.05) is 16.3 Å². The summed E-state index contributed by atoms with van der Waals surface area (Å²) in [4.78, 5) is 11.6. The van der Waals surface area contributed by atoms with Crippen molar-refractivity contribution in [3.63, 3.8) is 0 Å². The van der Waals surface area contributed by atoms with Crippen LogP contribution in [0.15, 0.2) is 30.6 Å². The molecule has 76 valence electrons. The lowest BCUT2D eigenvalue weighted by Crippen LogP contribution is -2.18. The number of rotatable bonds is 3. The molecule has 0 spiro atoms. The van der Waals surface area contributed by atoms with E-state index in [0.717, 1.165) is 10.8 Å². The average Bonchev–Trinajstić information content (AvgIpc) is 2.29. The number of hydrogen-bond acceptors (Lipinski definition) is 4. The number of likely N-dealkylation sites (N-methyl/N-ethyl adjacent to an activating group) is 1. The fourth-order valence-electron chi connectivity index (χ4n) is 1.43. The Morgan fingerprint density at radius 2 is 2.00 bits per heavy atom. The Hall–Kier alpha value is -1.81. The molecule has 1 heterocycles. The van der Waals surface area contributed by atoms with E-state index in [2.05, 4.69) is 15.5 Å². The predicted octanol–water partition coefficient (Wildman–Crippen LogP) is 1.03. The Labute approximate surface area is 87.3 Å². The summed E-state index contributed by atoms with van der Waals surface area (Å²) in [5.41, 5.74) is 0.699. The molecule has 0 bridgehead atoms. The van der Waals surface area contributed by atoms with Crippen molar-refractivity contribution in [1.29, 1.82) is 0 Å². The van der Waals surface area contributed by atoms with E-state index in [-0.39, 0.29) is 5.78 Å². The molecular formula is C11H11N3O. The number of nitrogens with zero attached hydrogens (tertiary/aromatic N) is 2. The maximum atomic E-state index is 11.6. The molecule has 0 fully saturated rings. The molecule has 0 atom stereocenters. The molecule has 0 unspecified atom stereocenters. The van der Waals surface area contributed by atoms with Gasteiger partial charge in [-0.2, -0.15) is 10.2 Å². The summed E-state index contributed by atoms with van der Waals surface area (Å²) in [6.45, 7) is 0.351. The smallest absolute Gasteiger partial charge is 0.176 e. The summed E-state index contributed by atoms with van der Waals surface area (Å²) in [5, 5.41) is 12.3. The van der Waals surface area contributed by atoms with Gasteiger partial charge in [-0.1, -0.05) is 12.1 Å². The number of ketones is 1. The van der Waals surface area contributed by atoms with E-state index >= 15 is 0 Å². The number of aromatic nitrogens is 2. The zero-order chi connectivity index (χ0) is 10.7. The highest BCUT2D eigenvalue weighted by molar-refractivity contribution is 6.00. The van der Waals surface area contributed by atoms with E-state index in [0.29, 0.717) is 12.1 Å². The molecule has 0 amide bonds. The van der Waals surface area contributed by atoms with E-state index in [9.17, 15) is 4.79 Å². The van der Waals surface area contributed by atoms with E-state index < -0.39 is 0 Å². The molecule has 0 aliphatic carbocycles. The summed E-state index contributed by atoms with van der Waals surface area (Å²) >= 11 is 0. The van der Waals surface area contributed by atoms with Crippen LogP contribution >= 0.6 is 0 Å². The number of fused-ring (bicyclic) bond motifs is 1. The number of hydrogen-bond donors (Lipinski definition) is 1. The fourth-order valence-corrected chi connectivity index (χ4v) is 1.43. The van der Waals surface area contributed by atoms with Crippen LogP contribution in [-0.4, -0.2) is 29.6 Å². The first-order valence-corrected chi connectivity index (χ1v) is 4.69. The maximum Gasteiger partial charge on any atom is 0.176 e. The number of benzene rings is 1. The van der Waals surface area contributed by atoms with Gasteiger partial charge in [0.25, 0.3) is 0 Å². The SMILES string of the molecule is CNCC(=O)c1ccc2cnncc2c1. The van der Waals surface area contributed by atoms with E-state index in [1.54, 1.807) is 19.4 Å². The van der Waals surface area contributed by atoms with Gasteiger partial charge < -0.3 is 5.32 Å². The minimum atomic E-state index is 0.0798. The molecular weight excluding hydrogens is 190 g/mol. The molecule has 0 saturated heterocycles. The lowest BCUT2D eigenvalue weighted by molar-refractivity contribution is 0.0993. The molecule has 1 aromatic carbocycles. The molecule has 1 N–H and O–H groups in total. The summed E-state index contributed by atoms with van der Waals surface area (Å²) in [6, 6.07) is 5.53. The van der Waals surface area contributed by atoms with Crippen molar-refractivity contribution in [3.8, 4) is 0 Å². The lowest BCUT2D eigenvalue weighted by Gasteiger charge is -2.01. The van der Waals surface area contributed by atoms with Gasteiger partial charge in [0.05, 0.1) is 18.9 Å². The lowest BCUT2D eigenvalue weighted by atomic mass is 10.1. The topological polar surface area (TPSA) is 54.9 Å². The Bertz CT molecular complexity index is 496. The van der Waals surface area contributed by atoms with Gasteiger partial charge in [-0.15, -0.1) is 0 Å². The van der Waals surface area contributed by atoms with Crippen LogP contribution in [-0.2, 0) is 0 Å². The molecule has 4 heteroatoms. The second-order valence-corrected chi connectivity index (χ2v) is 3.29. The predicted molar refractivity (Wildman–Crippen MR) is 57.8 cm³/mol. The van der Waals surface area contributed by atoms with Crippen LogP contribution in [0.3, 0.4) is 0 Å². The van der Waals surface area contributed by atoms with Gasteiger partial charge >= 0.3 is 0 Å². The Morgan fingerprint density at radius 1 is 1.27 bits per heavy atom. The molecule has 0 aliphatic heterocycles. The van der Waals surface area contributed by atoms with Gasteiger partial charge in [-0.3, -0.25) is 4.79 Å². The van der Waals surface area contributed by atoms with Crippen LogP contribution in [0.1, 0.15) is 10.4 Å². The van der Waals surface area contributed by atoms with Crippen LogP contribution in [0.5, 0.6) is 0 Å². The number of carbonyl (C=O) groups excluding carboxylic acids is 1. The van der Waals surface area contributed by atoms with Crippen LogP contribution in [0, 0.1) is 0 Å². The Balaban J connectivity index is 2.42. The normalized spacial score (nSPS) is 10.5. The maximum absolute atomic E-state index is 11.6. The van der Waals surface area contributed by atoms with E-state index in [1.165, 1.54) is 0 Å². The minimum Gasteiger partial charge on any atom is -0.313 e. The zero-order valence-corrected chi connectivity index (χ0v) is 8.40. The molecule has 2 rings (SSSR count). The Kier molecular flexibility index (Phi) is 2.69. The fraction of sp³-hybridized carbons (Fsp3) is 0.182. The average molecular weight is 201 g/mol. The third kappa shape index (κ3) is 1.99. The van der Waals surface area contributed by atoms with Crippen LogP contribution in [0.25, 0.3) is 10.8 Å². The summed E-state index contributed by atoms with van der Waals surface area (Å²) in [6.07, 6.45) is 3.34. The number of nitrogens with one attached hydrogen (secondary N) is 1. The van der Waals surface area contributed by atoms with Crippen LogP contribution in [0.2, 0.25) is 0 Å². The molecule has 2 aromatic rings. The van der Waals surface area contributed by atoms with Crippen molar-refractivity contribution >= 4 is 16.6 Å². The molecule has 15 heavy (non-hydrogen) atoms. The van der Waals surface area contributed by atoms with Gasteiger partial charge in [0.15, 0.2) is 5.78 Å². The van der Waals surface area contributed by atoms with Crippen molar-refractivity contribution in [2.75, 3.05) is 13.6 Å². The molecule has 0 saturated carbocycles. The van der Waals surface area contributed by atoms with Crippen molar-refractivity contribution in [3.05, 3.63) is 36.2 Å². The summed E-state index contributed by atoms with van der Waals surface area (Å²) < 4.78 is 0. The van der Waals surface area contributed by atoms with Gasteiger partial charge in [-0.25, -0.2) is 0 Å². The Morgan fingerprint density at radius 3 is 2.73 bits per heavy atom. The standard InChI is InChI=1S/C11H11N3O/c1-12-7-11(15)8-2-3-9-5-13-14-6-10(9)4-8/h2-6,12H,7H2,1H3. The number of Topliss-reactive ketones (excluding diaryl/α,β-unsaturated/α-hetero) is 1. The second kappa shape index (κ2) is 4.14. The molecule has 1 aromatic heterocycles. The first-order valence-electron chi connectivity index (χ1n) is 4.69. The monoisotopic (exact) mass is 201 g/mol. The highest BCUT2D eigenvalue weighted by Crippen LogP contribution is 2.13.